The fourth-order valence-corrected chi connectivity index (χ4v) is 5.47. The lowest BCUT2D eigenvalue weighted by Crippen LogP contribution is -2.52. The first-order chi connectivity index (χ1) is 16.0. The molecule has 8 nitrogen and oxygen atoms in total. The maximum atomic E-state index is 13.4. The maximum Gasteiger partial charge on any atom is 0.269 e. The maximum absolute atomic E-state index is 13.4. The zero-order chi connectivity index (χ0) is 25.2. The van der Waals surface area contributed by atoms with Gasteiger partial charge in [-0.3, -0.25) is 14.4 Å². The highest BCUT2D eigenvalue weighted by Gasteiger charge is 2.43. The molecule has 34 heavy (non-hydrogen) atoms. The summed E-state index contributed by atoms with van der Waals surface area (Å²) in [6.45, 7) is 4.45. The Morgan fingerprint density at radius 2 is 1.79 bits per heavy atom. The first-order valence-corrected chi connectivity index (χ1v) is 12.9. The summed E-state index contributed by atoms with van der Waals surface area (Å²) in [6, 6.07) is 9.41. The number of nitrogens with one attached hydrogen (secondary N) is 1. The topological polar surface area (TPSA) is 104 Å². The summed E-state index contributed by atoms with van der Waals surface area (Å²) in [5, 5.41) is 3.51. The Kier molecular flexibility index (Phi) is 7.90. The SMILES string of the molecule is CC[C@H](C)NC(=O)[C@@H](C)N(Cc1ccc(Cl)cc1Cl)C(=O)CN1C(=O)c2ccccc2S1(=O)=O. The van der Waals surface area contributed by atoms with Crippen LogP contribution in [0.3, 0.4) is 0 Å². The van der Waals surface area contributed by atoms with Crippen molar-refractivity contribution in [1.29, 1.82) is 0 Å². The number of fused-ring (bicyclic) bond motifs is 1. The van der Waals surface area contributed by atoms with Crippen molar-refractivity contribution >= 4 is 50.9 Å². The highest BCUT2D eigenvalue weighted by Crippen LogP contribution is 2.30. The summed E-state index contributed by atoms with van der Waals surface area (Å²) in [5.41, 5.74) is 0.520. The smallest absolute Gasteiger partial charge is 0.269 e. The van der Waals surface area contributed by atoms with E-state index in [0.717, 1.165) is 0 Å². The lowest BCUT2D eigenvalue weighted by Gasteiger charge is -2.31. The normalized spacial score (nSPS) is 16.0. The number of amides is 3. The zero-order valence-electron chi connectivity index (χ0n) is 18.9. The van der Waals surface area contributed by atoms with E-state index in [9.17, 15) is 22.8 Å². The molecule has 0 aliphatic carbocycles. The summed E-state index contributed by atoms with van der Waals surface area (Å²) in [7, 11) is -4.19. The van der Waals surface area contributed by atoms with Gasteiger partial charge in [0.05, 0.1) is 5.56 Å². The molecule has 0 bridgehead atoms. The number of halogens is 2. The molecule has 1 heterocycles. The number of benzene rings is 2. The fourth-order valence-electron chi connectivity index (χ4n) is 3.48. The number of nitrogens with zero attached hydrogens (tertiary/aromatic N) is 2. The highest BCUT2D eigenvalue weighted by atomic mass is 35.5. The van der Waals surface area contributed by atoms with Crippen molar-refractivity contribution in [1.82, 2.24) is 14.5 Å². The average Bonchev–Trinajstić information content (AvgIpc) is 2.98. The Morgan fingerprint density at radius 3 is 2.41 bits per heavy atom. The fraction of sp³-hybridized carbons (Fsp3) is 0.348. The number of carbonyl (C=O) groups excluding carboxylic acids is 3. The van der Waals surface area contributed by atoms with Gasteiger partial charge in [0.15, 0.2) is 0 Å². The quantitative estimate of drug-likeness (QED) is 0.568. The van der Waals surface area contributed by atoms with Gasteiger partial charge >= 0.3 is 0 Å². The molecule has 0 fully saturated rings. The number of hydrogen-bond donors (Lipinski definition) is 1. The Labute approximate surface area is 208 Å². The molecule has 0 aromatic heterocycles. The van der Waals surface area contributed by atoms with E-state index in [2.05, 4.69) is 5.32 Å². The first kappa shape index (κ1) is 26.0. The monoisotopic (exact) mass is 525 g/mol. The number of hydrogen-bond acceptors (Lipinski definition) is 5. The van der Waals surface area contributed by atoms with Gasteiger partial charge in [0.2, 0.25) is 11.8 Å². The third-order valence-corrected chi connectivity index (χ3v) is 8.09. The number of carbonyl (C=O) groups is 3. The van der Waals surface area contributed by atoms with Crippen molar-refractivity contribution in [2.45, 2.75) is 50.7 Å². The number of sulfonamides is 1. The van der Waals surface area contributed by atoms with Gasteiger partial charge in [-0.2, -0.15) is 0 Å². The van der Waals surface area contributed by atoms with Crippen LogP contribution in [0.5, 0.6) is 0 Å². The molecular formula is C23H25Cl2N3O5S. The van der Waals surface area contributed by atoms with Crippen LogP contribution in [-0.4, -0.2) is 54.0 Å². The van der Waals surface area contributed by atoms with E-state index in [1.807, 2.05) is 13.8 Å². The minimum Gasteiger partial charge on any atom is -0.352 e. The van der Waals surface area contributed by atoms with E-state index < -0.39 is 40.3 Å². The largest absolute Gasteiger partial charge is 0.352 e. The predicted octanol–water partition coefficient (Wildman–Crippen LogP) is 3.47. The first-order valence-electron chi connectivity index (χ1n) is 10.7. The Morgan fingerprint density at radius 1 is 1.12 bits per heavy atom. The molecule has 2 aromatic rings. The number of rotatable bonds is 8. The second kappa shape index (κ2) is 10.3. The average molecular weight is 526 g/mol. The summed E-state index contributed by atoms with van der Waals surface area (Å²) >= 11 is 12.3. The van der Waals surface area contributed by atoms with Crippen molar-refractivity contribution in [3.05, 3.63) is 63.6 Å². The predicted molar refractivity (Wildman–Crippen MR) is 129 cm³/mol. The molecule has 2 atom stereocenters. The minimum atomic E-state index is -4.19. The van der Waals surface area contributed by atoms with E-state index >= 15 is 0 Å². The molecule has 2 aromatic carbocycles. The summed E-state index contributed by atoms with van der Waals surface area (Å²) in [4.78, 5) is 40.0. The molecule has 3 rings (SSSR count). The molecular weight excluding hydrogens is 501 g/mol. The van der Waals surface area contributed by atoms with E-state index in [1.165, 1.54) is 36.1 Å². The van der Waals surface area contributed by atoms with Crippen LogP contribution in [0.25, 0.3) is 0 Å². The molecule has 1 aliphatic rings. The van der Waals surface area contributed by atoms with Crippen LogP contribution in [0.2, 0.25) is 10.0 Å². The van der Waals surface area contributed by atoms with Crippen molar-refractivity contribution in [3.8, 4) is 0 Å². The van der Waals surface area contributed by atoms with E-state index in [4.69, 9.17) is 23.2 Å². The Bertz CT molecular complexity index is 1230. The molecule has 0 unspecified atom stereocenters. The Balaban J connectivity index is 1.91. The Hall–Kier alpha value is -2.62. The van der Waals surface area contributed by atoms with E-state index in [-0.39, 0.29) is 28.1 Å². The van der Waals surface area contributed by atoms with Crippen molar-refractivity contribution in [2.24, 2.45) is 0 Å². The molecule has 1 aliphatic heterocycles. The van der Waals surface area contributed by atoms with Crippen molar-refractivity contribution < 1.29 is 22.8 Å². The molecule has 11 heteroatoms. The second-order valence-corrected chi connectivity index (χ2v) is 10.7. The third-order valence-electron chi connectivity index (χ3n) is 5.72. The summed E-state index contributed by atoms with van der Waals surface area (Å²) < 4.78 is 26.4. The van der Waals surface area contributed by atoms with Gasteiger partial charge in [-0.15, -0.1) is 0 Å². The van der Waals surface area contributed by atoms with Gasteiger partial charge in [0, 0.05) is 22.6 Å². The van der Waals surface area contributed by atoms with Crippen LogP contribution < -0.4 is 5.32 Å². The molecule has 0 saturated heterocycles. The van der Waals surface area contributed by atoms with Gasteiger partial charge in [-0.25, -0.2) is 12.7 Å². The second-order valence-electron chi connectivity index (χ2n) is 8.06. The van der Waals surface area contributed by atoms with Crippen LogP contribution >= 0.6 is 23.2 Å². The third kappa shape index (κ3) is 5.21. The molecule has 3 amide bonds. The highest BCUT2D eigenvalue weighted by molar-refractivity contribution is 7.90. The molecule has 0 spiro atoms. The van der Waals surface area contributed by atoms with E-state index in [1.54, 1.807) is 18.2 Å². The molecule has 182 valence electrons. The van der Waals surface area contributed by atoms with E-state index in [0.29, 0.717) is 21.3 Å². The molecule has 0 saturated carbocycles. The standard InChI is InChI=1S/C23H25Cl2N3O5S/c1-4-14(2)26-22(30)15(3)27(12-16-9-10-17(24)11-19(16)25)21(29)13-28-23(31)18-7-5-6-8-20(18)34(28,32)33/h5-11,14-15H,4,12-13H2,1-3H3,(H,26,30)/t14-,15+/m0/s1. The van der Waals surface area contributed by atoms with Gasteiger partial charge < -0.3 is 10.2 Å². The lowest BCUT2D eigenvalue weighted by atomic mass is 10.1. The summed E-state index contributed by atoms with van der Waals surface area (Å²) in [5.74, 6) is -1.92. The van der Waals surface area contributed by atoms with Gasteiger partial charge in [0.25, 0.3) is 15.9 Å². The summed E-state index contributed by atoms with van der Waals surface area (Å²) in [6.07, 6.45) is 0.689. The van der Waals surface area contributed by atoms with Gasteiger partial charge in [0.1, 0.15) is 17.5 Å². The molecule has 0 radical (unpaired) electrons. The van der Waals surface area contributed by atoms with Crippen LogP contribution in [0, 0.1) is 0 Å². The van der Waals surface area contributed by atoms with Crippen LogP contribution in [0.15, 0.2) is 47.4 Å². The van der Waals surface area contributed by atoms with Gasteiger partial charge in [-0.1, -0.05) is 48.3 Å². The zero-order valence-corrected chi connectivity index (χ0v) is 21.2. The van der Waals surface area contributed by atoms with Crippen molar-refractivity contribution in [2.75, 3.05) is 6.54 Å². The minimum absolute atomic E-state index is 0.00478. The van der Waals surface area contributed by atoms with Crippen LogP contribution in [-0.2, 0) is 26.2 Å². The van der Waals surface area contributed by atoms with Crippen LogP contribution in [0.1, 0.15) is 43.1 Å². The van der Waals surface area contributed by atoms with Crippen LogP contribution in [0.4, 0.5) is 0 Å². The lowest BCUT2D eigenvalue weighted by molar-refractivity contribution is -0.140. The van der Waals surface area contributed by atoms with Crippen molar-refractivity contribution in [3.63, 3.8) is 0 Å². The molecule has 1 N–H and O–H groups in total. The van der Waals surface area contributed by atoms with Gasteiger partial charge in [-0.05, 0) is 50.1 Å².